The molecule has 17 heavy (non-hydrogen) atoms. The Morgan fingerprint density at radius 1 is 0.882 bits per heavy atom. The summed E-state index contributed by atoms with van der Waals surface area (Å²) in [4.78, 5) is 0.371. The maximum atomic E-state index is 12.2. The lowest BCUT2D eigenvalue weighted by atomic mass is 10.2. The van der Waals surface area contributed by atoms with Crippen LogP contribution >= 0.6 is 0 Å². The SMILES string of the molecule is O=S1(=O)Cc2ccccc2Nc2ccccc21. The molecule has 1 N–H and O–H groups in total. The summed E-state index contributed by atoms with van der Waals surface area (Å²) in [5, 5.41) is 3.18. The Morgan fingerprint density at radius 2 is 1.53 bits per heavy atom. The minimum atomic E-state index is -3.25. The lowest BCUT2D eigenvalue weighted by Gasteiger charge is -2.07. The highest BCUT2D eigenvalue weighted by atomic mass is 32.2. The number of hydrogen-bond donors (Lipinski definition) is 1. The molecule has 0 atom stereocenters. The van der Waals surface area contributed by atoms with Crippen LogP contribution in [0, 0.1) is 0 Å². The van der Waals surface area contributed by atoms with Crippen LogP contribution in [0.25, 0.3) is 0 Å². The van der Waals surface area contributed by atoms with E-state index in [2.05, 4.69) is 5.32 Å². The molecule has 0 saturated carbocycles. The summed E-state index contributed by atoms with van der Waals surface area (Å²) in [6.45, 7) is 0. The van der Waals surface area contributed by atoms with Crippen LogP contribution in [0.3, 0.4) is 0 Å². The summed E-state index contributed by atoms with van der Waals surface area (Å²) in [7, 11) is -3.25. The fraction of sp³-hybridized carbons (Fsp3) is 0.0769. The molecule has 0 radical (unpaired) electrons. The highest BCUT2D eigenvalue weighted by Gasteiger charge is 2.24. The molecule has 2 aromatic carbocycles. The van der Waals surface area contributed by atoms with Crippen molar-refractivity contribution in [2.75, 3.05) is 5.32 Å². The Hall–Kier alpha value is -1.81. The molecular formula is C13H11NO2S. The van der Waals surface area contributed by atoms with Gasteiger partial charge in [-0.15, -0.1) is 0 Å². The monoisotopic (exact) mass is 245 g/mol. The lowest BCUT2D eigenvalue weighted by Crippen LogP contribution is -2.03. The molecule has 0 spiro atoms. The molecular weight excluding hydrogens is 234 g/mol. The third-order valence-electron chi connectivity index (χ3n) is 2.85. The number of nitrogens with one attached hydrogen (secondary N) is 1. The molecule has 4 heteroatoms. The molecule has 86 valence electrons. The second kappa shape index (κ2) is 3.60. The van der Waals surface area contributed by atoms with Crippen LogP contribution in [0.15, 0.2) is 53.4 Å². The van der Waals surface area contributed by atoms with Gasteiger partial charge in [0.25, 0.3) is 0 Å². The van der Waals surface area contributed by atoms with E-state index >= 15 is 0 Å². The average molecular weight is 245 g/mol. The Bertz CT molecular complexity index is 677. The van der Waals surface area contributed by atoms with Crippen LogP contribution in [0.2, 0.25) is 0 Å². The zero-order valence-corrected chi connectivity index (χ0v) is 9.87. The van der Waals surface area contributed by atoms with E-state index in [9.17, 15) is 8.42 Å². The van der Waals surface area contributed by atoms with E-state index < -0.39 is 9.84 Å². The smallest absolute Gasteiger partial charge is 0.184 e. The summed E-state index contributed by atoms with van der Waals surface area (Å²) in [6.07, 6.45) is 0. The topological polar surface area (TPSA) is 46.2 Å². The minimum Gasteiger partial charge on any atom is -0.354 e. The van der Waals surface area contributed by atoms with Crippen molar-refractivity contribution >= 4 is 21.2 Å². The van der Waals surface area contributed by atoms with Gasteiger partial charge in [-0.1, -0.05) is 30.3 Å². The zero-order chi connectivity index (χ0) is 11.9. The van der Waals surface area contributed by atoms with E-state index in [-0.39, 0.29) is 5.75 Å². The predicted octanol–water partition coefficient (Wildman–Crippen LogP) is 2.72. The number of fused-ring (bicyclic) bond motifs is 2. The van der Waals surface area contributed by atoms with Crippen LogP contribution < -0.4 is 5.32 Å². The first-order valence-electron chi connectivity index (χ1n) is 5.33. The van der Waals surface area contributed by atoms with Gasteiger partial charge >= 0.3 is 0 Å². The molecule has 1 aliphatic heterocycles. The predicted molar refractivity (Wildman–Crippen MR) is 67.1 cm³/mol. The first kappa shape index (κ1) is 10.4. The van der Waals surface area contributed by atoms with Crippen LogP contribution in [0.4, 0.5) is 11.4 Å². The molecule has 0 saturated heterocycles. The molecule has 0 bridgehead atoms. The van der Waals surface area contributed by atoms with Crippen molar-refractivity contribution in [1.82, 2.24) is 0 Å². The number of anilines is 2. The van der Waals surface area contributed by atoms with Crippen LogP contribution in [-0.4, -0.2) is 8.42 Å². The van der Waals surface area contributed by atoms with Crippen LogP contribution in [-0.2, 0) is 15.6 Å². The van der Waals surface area contributed by atoms with E-state index in [4.69, 9.17) is 0 Å². The van der Waals surface area contributed by atoms with E-state index in [0.29, 0.717) is 10.6 Å². The van der Waals surface area contributed by atoms with Gasteiger partial charge in [-0.25, -0.2) is 8.42 Å². The van der Waals surface area contributed by atoms with Crippen molar-refractivity contribution in [3.05, 3.63) is 54.1 Å². The second-order valence-corrected chi connectivity index (χ2v) is 6.00. The molecule has 3 nitrogen and oxygen atoms in total. The van der Waals surface area contributed by atoms with E-state index in [1.807, 2.05) is 30.3 Å². The van der Waals surface area contributed by atoms with Crippen molar-refractivity contribution in [3.8, 4) is 0 Å². The number of sulfone groups is 1. The standard InChI is InChI=1S/C13H11NO2S/c15-17(16)9-10-5-1-2-6-11(10)14-12-7-3-4-8-13(12)17/h1-8,14H,9H2. The molecule has 3 rings (SSSR count). The maximum absolute atomic E-state index is 12.2. The van der Waals surface area contributed by atoms with Gasteiger partial charge in [0.05, 0.1) is 16.3 Å². The maximum Gasteiger partial charge on any atom is 0.184 e. The zero-order valence-electron chi connectivity index (χ0n) is 9.05. The Labute approximate surface area is 100 Å². The first-order chi connectivity index (χ1) is 8.17. The Morgan fingerprint density at radius 3 is 2.35 bits per heavy atom. The quantitative estimate of drug-likeness (QED) is 0.776. The van der Waals surface area contributed by atoms with Crippen LogP contribution in [0.1, 0.15) is 5.56 Å². The largest absolute Gasteiger partial charge is 0.354 e. The third kappa shape index (κ3) is 1.70. The van der Waals surface area contributed by atoms with E-state index in [1.165, 1.54) is 0 Å². The first-order valence-corrected chi connectivity index (χ1v) is 6.99. The molecule has 0 aliphatic carbocycles. The summed E-state index contributed by atoms with van der Waals surface area (Å²) < 4.78 is 24.4. The molecule has 0 aromatic heterocycles. The van der Waals surface area contributed by atoms with Crippen molar-refractivity contribution < 1.29 is 8.42 Å². The van der Waals surface area contributed by atoms with Gasteiger partial charge in [0, 0.05) is 5.69 Å². The normalized spacial score (nSPS) is 16.2. The summed E-state index contributed by atoms with van der Waals surface area (Å²) in [6, 6.07) is 14.5. The molecule has 0 unspecified atom stereocenters. The second-order valence-electron chi connectivity index (χ2n) is 4.04. The highest BCUT2D eigenvalue weighted by molar-refractivity contribution is 7.90. The summed E-state index contributed by atoms with van der Waals surface area (Å²) in [5.74, 6) is 0.0488. The van der Waals surface area contributed by atoms with E-state index in [0.717, 1.165) is 11.3 Å². The van der Waals surface area contributed by atoms with Crippen molar-refractivity contribution in [1.29, 1.82) is 0 Å². The molecule has 1 heterocycles. The minimum absolute atomic E-state index is 0.0488. The number of hydrogen-bond acceptors (Lipinski definition) is 3. The Kier molecular flexibility index (Phi) is 2.19. The molecule has 1 aliphatic rings. The van der Waals surface area contributed by atoms with Crippen molar-refractivity contribution in [3.63, 3.8) is 0 Å². The Balaban J connectivity index is 2.28. The van der Waals surface area contributed by atoms with Gasteiger partial charge < -0.3 is 5.32 Å². The highest BCUT2D eigenvalue weighted by Crippen LogP contribution is 2.33. The van der Waals surface area contributed by atoms with Gasteiger partial charge in [-0.05, 0) is 23.8 Å². The van der Waals surface area contributed by atoms with Gasteiger partial charge in [0.1, 0.15) is 0 Å². The van der Waals surface area contributed by atoms with Gasteiger partial charge in [-0.3, -0.25) is 0 Å². The fourth-order valence-electron chi connectivity index (χ4n) is 2.04. The average Bonchev–Trinajstić information content (AvgIpc) is 2.42. The van der Waals surface area contributed by atoms with Crippen molar-refractivity contribution in [2.45, 2.75) is 10.6 Å². The summed E-state index contributed by atoms with van der Waals surface area (Å²) >= 11 is 0. The number of para-hydroxylation sites is 2. The van der Waals surface area contributed by atoms with Crippen LogP contribution in [0.5, 0.6) is 0 Å². The fourth-order valence-corrected chi connectivity index (χ4v) is 3.59. The third-order valence-corrected chi connectivity index (χ3v) is 4.57. The van der Waals surface area contributed by atoms with Crippen molar-refractivity contribution in [2.24, 2.45) is 0 Å². The molecule has 0 amide bonds. The molecule has 0 fully saturated rings. The number of benzene rings is 2. The van der Waals surface area contributed by atoms with E-state index in [1.54, 1.807) is 18.2 Å². The summed E-state index contributed by atoms with van der Waals surface area (Å²) in [5.41, 5.74) is 2.32. The molecule has 2 aromatic rings. The lowest BCUT2D eigenvalue weighted by molar-refractivity contribution is 0.596. The number of rotatable bonds is 0. The van der Waals surface area contributed by atoms with Gasteiger partial charge in [0.15, 0.2) is 9.84 Å². The van der Waals surface area contributed by atoms with Gasteiger partial charge in [-0.2, -0.15) is 0 Å². The van der Waals surface area contributed by atoms with Gasteiger partial charge in [0.2, 0.25) is 0 Å².